The van der Waals surface area contributed by atoms with Gasteiger partial charge in [-0.15, -0.1) is 0 Å². The second-order valence-electron chi connectivity index (χ2n) is 11.7. The highest BCUT2D eigenvalue weighted by Crippen LogP contribution is 2.58. The highest BCUT2D eigenvalue weighted by Gasteiger charge is 2.58. The summed E-state index contributed by atoms with van der Waals surface area (Å²) in [5.41, 5.74) is -0.0600. The van der Waals surface area contributed by atoms with E-state index >= 15 is 0 Å². The third-order valence-corrected chi connectivity index (χ3v) is 11.5. The van der Waals surface area contributed by atoms with Crippen molar-refractivity contribution in [2.75, 3.05) is 39.5 Å². The third kappa shape index (κ3) is 9.21. The largest absolute Gasteiger partial charge is 0.475 e. The Morgan fingerprint density at radius 2 is 1.41 bits per heavy atom. The molecule has 0 saturated heterocycles. The lowest BCUT2D eigenvalue weighted by molar-refractivity contribution is -0.227. The molecule has 0 aromatic rings. The normalized spacial score (nSPS) is 28.8. The summed E-state index contributed by atoms with van der Waals surface area (Å²) < 4.78 is 59.8. The van der Waals surface area contributed by atoms with E-state index in [1.54, 1.807) is 0 Å². The van der Waals surface area contributed by atoms with Crippen molar-refractivity contribution in [3.63, 3.8) is 0 Å². The third-order valence-electron chi connectivity index (χ3n) is 8.35. The number of phosphoric acid groups is 2. The quantitative estimate of drug-likeness (QED) is 0.0739. The molecule has 3 aliphatic rings. The molecule has 13 nitrogen and oxygen atoms in total. The van der Waals surface area contributed by atoms with E-state index < -0.39 is 32.8 Å². The number of rotatable bonds is 17. The van der Waals surface area contributed by atoms with Gasteiger partial charge in [0.2, 0.25) is 13.1 Å². The van der Waals surface area contributed by atoms with Crippen LogP contribution in [0.3, 0.4) is 0 Å². The smallest absolute Gasteiger partial charge is 0.314 e. The van der Waals surface area contributed by atoms with Gasteiger partial charge in [0.25, 0.3) is 0 Å². The summed E-state index contributed by atoms with van der Waals surface area (Å²) >= 11 is 0. The van der Waals surface area contributed by atoms with Crippen molar-refractivity contribution in [3.05, 3.63) is 34.5 Å². The van der Waals surface area contributed by atoms with Crippen LogP contribution in [0, 0.1) is 30.4 Å². The molecule has 2 aliphatic carbocycles. The lowest BCUT2D eigenvalue weighted by Gasteiger charge is -2.50. The van der Waals surface area contributed by atoms with Gasteiger partial charge < -0.3 is 14.9 Å². The van der Waals surface area contributed by atoms with E-state index in [2.05, 4.69) is 29.6 Å². The summed E-state index contributed by atoms with van der Waals surface area (Å²) in [5.74, 6) is 0.177. The van der Waals surface area contributed by atoms with Crippen LogP contribution in [0.15, 0.2) is 11.6 Å². The number of phosphoric ester groups is 2. The molecule has 1 N–H and O–H groups in total. The van der Waals surface area contributed by atoms with E-state index in [1.807, 2.05) is 13.0 Å². The molecular formula is C29H46N4O9P2. The molecule has 0 amide bonds. The molecular weight excluding hydrogens is 610 g/mol. The fourth-order valence-corrected chi connectivity index (χ4v) is 9.21. The molecule has 0 aromatic carbocycles. The summed E-state index contributed by atoms with van der Waals surface area (Å²) in [7, 11) is -7.79. The maximum Gasteiger partial charge on any atom is 0.475 e. The second kappa shape index (κ2) is 16.8. The Bertz CT molecular complexity index is 1170. The van der Waals surface area contributed by atoms with Crippen LogP contribution >= 0.6 is 15.6 Å². The van der Waals surface area contributed by atoms with E-state index in [9.17, 15) is 14.3 Å². The van der Waals surface area contributed by atoms with Gasteiger partial charge >= 0.3 is 15.6 Å². The second-order valence-corrected chi connectivity index (χ2v) is 15.0. The molecule has 0 bridgehead atoms. The highest BCUT2D eigenvalue weighted by atomic mass is 31.2. The molecule has 1 aliphatic heterocycles. The Hall–Kier alpha value is -1.65. The van der Waals surface area contributed by atoms with Crippen LogP contribution in [0.5, 0.6) is 0 Å². The van der Waals surface area contributed by atoms with Gasteiger partial charge in [-0.05, 0) is 69.3 Å². The average molecular weight is 657 g/mol. The van der Waals surface area contributed by atoms with Crippen molar-refractivity contribution in [3.8, 4) is 6.07 Å². The molecule has 1 heterocycles. The van der Waals surface area contributed by atoms with Crippen molar-refractivity contribution in [2.45, 2.75) is 108 Å². The van der Waals surface area contributed by atoms with Crippen molar-refractivity contribution in [2.24, 2.45) is 5.92 Å². The lowest BCUT2D eigenvalue weighted by Crippen LogP contribution is -2.57. The summed E-state index contributed by atoms with van der Waals surface area (Å²) in [4.78, 5) is 6.42. The van der Waals surface area contributed by atoms with Gasteiger partial charge in [-0.1, -0.05) is 26.8 Å². The van der Waals surface area contributed by atoms with Gasteiger partial charge in [-0.2, -0.15) is 10.3 Å². The van der Waals surface area contributed by atoms with Crippen LogP contribution in [0.25, 0.3) is 9.69 Å². The first-order valence-corrected chi connectivity index (χ1v) is 18.3. The fraction of sp³-hybridized carbons (Fsp3) is 0.828. The van der Waals surface area contributed by atoms with Gasteiger partial charge in [-0.25, -0.2) is 22.3 Å². The van der Waals surface area contributed by atoms with Crippen molar-refractivity contribution < 1.29 is 41.5 Å². The van der Waals surface area contributed by atoms with Crippen LogP contribution in [0.1, 0.15) is 85.0 Å². The van der Waals surface area contributed by atoms with Crippen LogP contribution in [-0.4, -0.2) is 73.1 Å². The van der Waals surface area contributed by atoms with Gasteiger partial charge in [0, 0.05) is 0 Å². The lowest BCUT2D eigenvalue weighted by atomic mass is 9.73. The Labute approximate surface area is 261 Å². The average Bonchev–Trinajstić information content (AvgIpc) is 3.22. The van der Waals surface area contributed by atoms with E-state index in [0.29, 0.717) is 57.8 Å². The monoisotopic (exact) mass is 656 g/mol. The SMILES string of the molecule is [C-]#[N+]CCOP(=O)(OCC[N+]#[C-])OC1CCC2(C=C(C(C)C)C3(CCC(OP(=O)(OCCC)OCCC#N)CC3)N2O)CC1. The molecule has 15 heteroatoms. The summed E-state index contributed by atoms with van der Waals surface area (Å²) in [6.07, 6.45) is 6.48. The molecule has 3 rings (SSSR count). The zero-order valence-electron chi connectivity index (χ0n) is 26.0. The molecule has 2 spiro atoms. The molecule has 2 saturated carbocycles. The minimum absolute atomic E-state index is 0.0149. The molecule has 0 aromatic heterocycles. The Balaban J connectivity index is 1.67. The molecule has 1 unspecified atom stereocenters. The molecule has 0 radical (unpaired) electrons. The standard InChI is InChI=1S/C29H46N4O9P2/c1-6-19-37-43(35,38-20-7-16-30)42-26-10-14-29(15-11-26)27(24(2)3)23-28(33(29)34)12-8-25(9-13-28)41-44(36,39-21-17-31-4)40-22-18-32-5/h23-26,34H,6-15,17-22H2,1-3H3. The van der Waals surface area contributed by atoms with E-state index in [-0.39, 0.29) is 58.0 Å². The van der Waals surface area contributed by atoms with Crippen LogP contribution in [0.4, 0.5) is 0 Å². The molecule has 1 atom stereocenters. The highest BCUT2D eigenvalue weighted by molar-refractivity contribution is 7.48. The van der Waals surface area contributed by atoms with Gasteiger partial charge in [-0.3, -0.25) is 27.1 Å². The van der Waals surface area contributed by atoms with E-state index in [4.69, 9.17) is 45.5 Å². The summed E-state index contributed by atoms with van der Waals surface area (Å²) in [6, 6.07) is 1.97. The van der Waals surface area contributed by atoms with Crippen molar-refractivity contribution in [1.29, 1.82) is 5.26 Å². The predicted molar refractivity (Wildman–Crippen MR) is 161 cm³/mol. The minimum Gasteiger partial charge on any atom is -0.314 e. The molecule has 2 fully saturated rings. The number of nitrogens with zero attached hydrogens (tertiary/aromatic N) is 4. The number of hydrogen-bond donors (Lipinski definition) is 1. The van der Waals surface area contributed by atoms with Crippen LogP contribution < -0.4 is 0 Å². The fourth-order valence-electron chi connectivity index (χ4n) is 6.33. The van der Waals surface area contributed by atoms with Gasteiger partial charge in [0.15, 0.2) is 0 Å². The number of nitriles is 1. The first kappa shape index (κ1) is 36.8. The van der Waals surface area contributed by atoms with Crippen molar-refractivity contribution in [1.82, 2.24) is 5.06 Å². The summed E-state index contributed by atoms with van der Waals surface area (Å²) in [5, 5.41) is 22.2. The Morgan fingerprint density at radius 3 is 1.86 bits per heavy atom. The van der Waals surface area contributed by atoms with Gasteiger partial charge in [0.1, 0.15) is 13.2 Å². The Morgan fingerprint density at radius 1 is 0.932 bits per heavy atom. The first-order chi connectivity index (χ1) is 21.0. The maximum atomic E-state index is 13.3. The van der Waals surface area contributed by atoms with Crippen molar-refractivity contribution >= 4 is 15.6 Å². The number of hydrogen-bond acceptors (Lipinski definition) is 11. The molecule has 44 heavy (non-hydrogen) atoms. The van der Waals surface area contributed by atoms with E-state index in [1.165, 1.54) is 5.06 Å². The zero-order chi connectivity index (χ0) is 32.3. The molecule has 246 valence electrons. The van der Waals surface area contributed by atoms with Crippen LogP contribution in [0.2, 0.25) is 0 Å². The minimum atomic E-state index is -3.96. The predicted octanol–water partition coefficient (Wildman–Crippen LogP) is 7.11. The van der Waals surface area contributed by atoms with E-state index in [0.717, 1.165) is 5.57 Å². The first-order valence-electron chi connectivity index (χ1n) is 15.4. The van der Waals surface area contributed by atoms with Gasteiger partial charge in [0.05, 0.1) is 49.0 Å². The summed E-state index contributed by atoms with van der Waals surface area (Å²) in [6.45, 7) is 20.0. The number of hydroxylamine groups is 2. The van der Waals surface area contributed by atoms with Crippen LogP contribution in [-0.2, 0) is 36.3 Å². The Kier molecular flexibility index (Phi) is 14.0. The topological polar surface area (TPSA) is 146 Å². The zero-order valence-corrected chi connectivity index (χ0v) is 27.8. The maximum absolute atomic E-state index is 13.3.